The maximum atomic E-state index is 2.43. The molecule has 0 saturated heterocycles. The molecule has 3 aromatic heterocycles. The lowest BCUT2D eigenvalue weighted by Crippen LogP contribution is -2.01. The number of aryl methyl sites for hydroxylation is 1. The molecule has 7 aromatic rings. The van der Waals surface area contributed by atoms with E-state index in [1.807, 2.05) is 34.0 Å². The standard InChI is InChI=1S/C33H26S3/c1-19-7-9-22-24-11-13-27-26(32(24)35-30(22)17-19)14-12-25-23-10-8-21(18-31(23)36-33(25)27)29-16-15-28(34-29)20-5-3-2-4-6-20/h7-18,20H,2-6H2,1H3. The summed E-state index contributed by atoms with van der Waals surface area (Å²) in [6.07, 6.45) is 6.95. The van der Waals surface area contributed by atoms with Crippen molar-refractivity contribution in [2.45, 2.75) is 44.9 Å². The van der Waals surface area contributed by atoms with E-state index in [4.69, 9.17) is 0 Å². The van der Waals surface area contributed by atoms with Gasteiger partial charge in [0.1, 0.15) is 0 Å². The van der Waals surface area contributed by atoms with Crippen LogP contribution in [0.15, 0.2) is 72.8 Å². The first-order valence-electron chi connectivity index (χ1n) is 13.0. The Bertz CT molecular complexity index is 1940. The van der Waals surface area contributed by atoms with E-state index in [1.165, 1.54) is 99.2 Å². The van der Waals surface area contributed by atoms with Crippen LogP contribution in [0.1, 0.15) is 48.5 Å². The molecule has 4 aromatic carbocycles. The Morgan fingerprint density at radius 2 is 1.14 bits per heavy atom. The van der Waals surface area contributed by atoms with Crippen LogP contribution in [-0.2, 0) is 0 Å². The van der Waals surface area contributed by atoms with Gasteiger partial charge >= 0.3 is 0 Å². The van der Waals surface area contributed by atoms with Gasteiger partial charge in [0.15, 0.2) is 0 Å². The Morgan fingerprint density at radius 3 is 1.83 bits per heavy atom. The van der Waals surface area contributed by atoms with Crippen molar-refractivity contribution in [1.29, 1.82) is 0 Å². The fourth-order valence-corrected chi connectivity index (χ4v) is 10.0. The normalized spacial score (nSPS) is 15.2. The van der Waals surface area contributed by atoms with Crippen molar-refractivity contribution in [3.63, 3.8) is 0 Å². The summed E-state index contributed by atoms with van der Waals surface area (Å²) >= 11 is 5.92. The molecular formula is C33H26S3. The summed E-state index contributed by atoms with van der Waals surface area (Å²) in [6, 6.07) is 28.2. The summed E-state index contributed by atoms with van der Waals surface area (Å²) in [4.78, 5) is 3.01. The summed E-state index contributed by atoms with van der Waals surface area (Å²) < 4.78 is 5.63. The van der Waals surface area contributed by atoms with Crippen LogP contribution in [0.4, 0.5) is 0 Å². The first-order valence-corrected chi connectivity index (χ1v) is 15.5. The SMILES string of the molecule is Cc1ccc2c(c1)sc1c2ccc2c1ccc1c3ccc(-c4ccc(C5CCCCC5)s4)cc3sc12. The largest absolute Gasteiger partial charge is 0.140 e. The Morgan fingerprint density at radius 1 is 0.556 bits per heavy atom. The molecule has 0 aliphatic heterocycles. The van der Waals surface area contributed by atoms with Gasteiger partial charge in [0.2, 0.25) is 0 Å². The minimum absolute atomic E-state index is 0.784. The van der Waals surface area contributed by atoms with Gasteiger partial charge in [-0.2, -0.15) is 0 Å². The van der Waals surface area contributed by atoms with Crippen LogP contribution in [-0.4, -0.2) is 0 Å². The van der Waals surface area contributed by atoms with Crippen LogP contribution >= 0.6 is 34.0 Å². The van der Waals surface area contributed by atoms with E-state index in [2.05, 4.69) is 79.7 Å². The maximum Gasteiger partial charge on any atom is 0.0434 e. The number of fused-ring (bicyclic) bond motifs is 9. The molecule has 176 valence electrons. The summed E-state index contributed by atoms with van der Waals surface area (Å²) in [7, 11) is 0. The molecule has 1 saturated carbocycles. The highest BCUT2D eigenvalue weighted by molar-refractivity contribution is 7.28. The fourth-order valence-electron chi connectivity index (χ4n) is 6.25. The van der Waals surface area contributed by atoms with Crippen molar-refractivity contribution in [2.75, 3.05) is 0 Å². The highest BCUT2D eigenvalue weighted by Gasteiger charge is 2.18. The van der Waals surface area contributed by atoms with Crippen LogP contribution in [0, 0.1) is 6.92 Å². The predicted molar refractivity (Wildman–Crippen MR) is 164 cm³/mol. The van der Waals surface area contributed by atoms with E-state index >= 15 is 0 Å². The second-order valence-corrected chi connectivity index (χ2v) is 13.7. The predicted octanol–water partition coefficient (Wildman–Crippen LogP) is 11.7. The Hall–Kier alpha value is -2.72. The van der Waals surface area contributed by atoms with E-state index in [0.717, 1.165) is 5.92 Å². The van der Waals surface area contributed by atoms with Crippen LogP contribution in [0.3, 0.4) is 0 Å². The van der Waals surface area contributed by atoms with Gasteiger partial charge in [-0.1, -0.05) is 67.8 Å². The van der Waals surface area contributed by atoms with Gasteiger partial charge in [0.25, 0.3) is 0 Å². The van der Waals surface area contributed by atoms with E-state index in [1.54, 1.807) is 4.88 Å². The summed E-state index contributed by atoms with van der Waals surface area (Å²) in [5.41, 5.74) is 2.70. The first kappa shape index (κ1) is 21.4. The quantitative estimate of drug-likeness (QED) is 0.213. The highest BCUT2D eigenvalue weighted by atomic mass is 32.1. The Kier molecular flexibility index (Phi) is 4.83. The lowest BCUT2D eigenvalue weighted by Gasteiger charge is -2.19. The third-order valence-corrected chi connectivity index (χ3v) is 11.8. The molecule has 0 nitrogen and oxygen atoms in total. The summed E-state index contributed by atoms with van der Waals surface area (Å²) in [5, 5.41) is 8.32. The van der Waals surface area contributed by atoms with Gasteiger partial charge < -0.3 is 0 Å². The van der Waals surface area contributed by atoms with Gasteiger partial charge in [0.05, 0.1) is 0 Å². The third-order valence-electron chi connectivity index (χ3n) is 8.14. The zero-order chi connectivity index (χ0) is 23.8. The van der Waals surface area contributed by atoms with Crippen LogP contribution in [0.25, 0.3) is 61.6 Å². The first-order chi connectivity index (χ1) is 17.7. The maximum absolute atomic E-state index is 2.43. The van der Waals surface area contributed by atoms with E-state index in [9.17, 15) is 0 Å². The Labute approximate surface area is 222 Å². The number of rotatable bonds is 2. The minimum Gasteiger partial charge on any atom is -0.140 e. The smallest absolute Gasteiger partial charge is 0.0434 e. The average Bonchev–Trinajstić information content (AvgIpc) is 3.63. The number of benzene rings is 4. The molecule has 0 unspecified atom stereocenters. The lowest BCUT2D eigenvalue weighted by atomic mass is 9.88. The molecule has 0 amide bonds. The van der Waals surface area contributed by atoms with Crippen molar-refractivity contribution < 1.29 is 0 Å². The van der Waals surface area contributed by atoms with Gasteiger partial charge in [-0.05, 0) is 61.1 Å². The topological polar surface area (TPSA) is 0 Å². The molecule has 0 bridgehead atoms. The molecule has 0 radical (unpaired) electrons. The van der Waals surface area contributed by atoms with Crippen molar-refractivity contribution in [3.8, 4) is 10.4 Å². The van der Waals surface area contributed by atoms with Crippen molar-refractivity contribution >= 4 is 85.1 Å². The minimum atomic E-state index is 0.784. The third kappa shape index (κ3) is 3.23. The van der Waals surface area contributed by atoms with Crippen LogP contribution in [0.5, 0.6) is 0 Å². The van der Waals surface area contributed by atoms with Gasteiger partial charge in [0, 0.05) is 60.9 Å². The van der Waals surface area contributed by atoms with E-state index in [0.29, 0.717) is 0 Å². The van der Waals surface area contributed by atoms with Crippen molar-refractivity contribution in [1.82, 2.24) is 0 Å². The molecular weight excluding hydrogens is 493 g/mol. The van der Waals surface area contributed by atoms with Crippen molar-refractivity contribution in [3.05, 3.63) is 83.2 Å². The van der Waals surface area contributed by atoms with Crippen LogP contribution in [0.2, 0.25) is 0 Å². The second-order valence-electron chi connectivity index (χ2n) is 10.4. The lowest BCUT2D eigenvalue weighted by molar-refractivity contribution is 0.448. The fraction of sp³-hybridized carbons (Fsp3) is 0.212. The number of hydrogen-bond donors (Lipinski definition) is 0. The second kappa shape index (κ2) is 8.14. The van der Waals surface area contributed by atoms with E-state index < -0.39 is 0 Å². The number of hydrogen-bond acceptors (Lipinski definition) is 3. The van der Waals surface area contributed by atoms with Gasteiger partial charge in [-0.3, -0.25) is 0 Å². The molecule has 36 heavy (non-hydrogen) atoms. The molecule has 0 spiro atoms. The molecule has 3 heteroatoms. The monoisotopic (exact) mass is 518 g/mol. The molecule has 1 aliphatic rings. The summed E-state index contributed by atoms with van der Waals surface area (Å²) in [5.74, 6) is 0.784. The average molecular weight is 519 g/mol. The molecule has 0 atom stereocenters. The zero-order valence-corrected chi connectivity index (χ0v) is 22.7. The van der Waals surface area contributed by atoms with Gasteiger partial charge in [-0.15, -0.1) is 34.0 Å². The zero-order valence-electron chi connectivity index (χ0n) is 20.3. The summed E-state index contributed by atoms with van der Waals surface area (Å²) in [6.45, 7) is 2.18. The molecule has 1 aliphatic carbocycles. The molecule has 3 heterocycles. The highest BCUT2D eigenvalue weighted by Crippen LogP contribution is 2.45. The number of thiophene rings is 3. The molecule has 0 N–H and O–H groups in total. The Balaban J connectivity index is 1.27. The van der Waals surface area contributed by atoms with Crippen molar-refractivity contribution in [2.24, 2.45) is 0 Å². The molecule has 8 rings (SSSR count). The van der Waals surface area contributed by atoms with Gasteiger partial charge in [-0.25, -0.2) is 0 Å². The van der Waals surface area contributed by atoms with E-state index in [-0.39, 0.29) is 0 Å². The molecule has 1 fully saturated rings. The van der Waals surface area contributed by atoms with Crippen LogP contribution < -0.4 is 0 Å².